The van der Waals surface area contributed by atoms with E-state index in [-0.39, 0.29) is 18.8 Å². The average Bonchev–Trinajstić information content (AvgIpc) is 3.00. The van der Waals surface area contributed by atoms with Crippen LogP contribution in [0.2, 0.25) is 0 Å². The molecule has 0 saturated carbocycles. The lowest BCUT2D eigenvalue weighted by molar-refractivity contribution is -0.142. The van der Waals surface area contributed by atoms with E-state index < -0.39 is 0 Å². The van der Waals surface area contributed by atoms with E-state index in [1.807, 2.05) is 18.2 Å². The van der Waals surface area contributed by atoms with Crippen molar-refractivity contribution in [2.24, 2.45) is 0 Å². The minimum absolute atomic E-state index is 0.0484. The third-order valence-corrected chi connectivity index (χ3v) is 4.20. The van der Waals surface area contributed by atoms with Gasteiger partial charge in [0, 0.05) is 6.04 Å². The number of esters is 1. The zero-order valence-corrected chi connectivity index (χ0v) is 12.3. The molecule has 1 saturated heterocycles. The molecule has 1 fully saturated rings. The summed E-state index contributed by atoms with van der Waals surface area (Å²) in [5.41, 5.74) is 1.09. The molecule has 2 aliphatic heterocycles. The number of nitrogens with zero attached hydrogens (tertiary/aromatic N) is 1. The molecule has 1 unspecified atom stereocenters. The number of likely N-dealkylation sites (tertiary alicyclic amines) is 1. The maximum Gasteiger partial charge on any atom is 0.307 e. The zero-order chi connectivity index (χ0) is 14.7. The molecular formula is C16H21NO4. The first-order chi connectivity index (χ1) is 10.3. The summed E-state index contributed by atoms with van der Waals surface area (Å²) in [5, 5.41) is 0. The number of carbonyl (C=O) groups is 1. The number of carbonyl (C=O) groups excluding carboxylic acids is 1. The fourth-order valence-electron chi connectivity index (χ4n) is 3.05. The lowest BCUT2D eigenvalue weighted by Gasteiger charge is -2.34. The Hall–Kier alpha value is -1.75. The highest BCUT2D eigenvalue weighted by molar-refractivity contribution is 5.70. The molecule has 114 valence electrons. The average molecular weight is 291 g/mol. The van der Waals surface area contributed by atoms with E-state index in [4.69, 9.17) is 14.2 Å². The van der Waals surface area contributed by atoms with E-state index in [2.05, 4.69) is 4.90 Å². The number of benzene rings is 1. The number of ether oxygens (including phenoxy) is 3. The molecule has 1 atom stereocenters. The van der Waals surface area contributed by atoms with E-state index in [9.17, 15) is 4.79 Å². The molecule has 1 aromatic rings. The topological polar surface area (TPSA) is 48.0 Å². The minimum Gasteiger partial charge on any atom is -0.469 e. The Kier molecular flexibility index (Phi) is 4.29. The maximum absolute atomic E-state index is 11.8. The third kappa shape index (κ3) is 3.13. The standard InChI is InChI=1S/C16H21NO4/c1-19-16(18)10-13(17-7-3-2-4-8-17)12-5-6-14-15(9-12)21-11-20-14/h5-6,9,13H,2-4,7-8,10-11H2,1H3. The summed E-state index contributed by atoms with van der Waals surface area (Å²) in [6, 6.07) is 5.99. The molecule has 0 bridgehead atoms. The normalized spacial score (nSPS) is 19.3. The van der Waals surface area contributed by atoms with E-state index >= 15 is 0 Å². The summed E-state index contributed by atoms with van der Waals surface area (Å²) >= 11 is 0. The SMILES string of the molecule is COC(=O)CC(c1ccc2c(c1)OCO2)N1CCCCC1. The molecule has 3 rings (SSSR count). The van der Waals surface area contributed by atoms with Crippen molar-refractivity contribution in [2.75, 3.05) is 27.0 Å². The van der Waals surface area contributed by atoms with Gasteiger partial charge in [-0.3, -0.25) is 9.69 Å². The molecule has 5 nitrogen and oxygen atoms in total. The van der Waals surface area contributed by atoms with Gasteiger partial charge in [-0.1, -0.05) is 12.5 Å². The van der Waals surface area contributed by atoms with E-state index in [0.717, 1.165) is 30.2 Å². The highest BCUT2D eigenvalue weighted by atomic mass is 16.7. The molecule has 1 aromatic carbocycles. The number of piperidine rings is 1. The minimum atomic E-state index is -0.178. The van der Waals surface area contributed by atoms with Crippen molar-refractivity contribution in [3.63, 3.8) is 0 Å². The summed E-state index contributed by atoms with van der Waals surface area (Å²) in [4.78, 5) is 14.1. The van der Waals surface area contributed by atoms with Crippen LogP contribution in [-0.2, 0) is 9.53 Å². The van der Waals surface area contributed by atoms with Crippen molar-refractivity contribution < 1.29 is 19.0 Å². The second-order valence-corrected chi connectivity index (χ2v) is 5.51. The van der Waals surface area contributed by atoms with Gasteiger partial charge in [0.05, 0.1) is 13.5 Å². The Morgan fingerprint density at radius 2 is 2.00 bits per heavy atom. The van der Waals surface area contributed by atoms with Crippen LogP contribution < -0.4 is 9.47 Å². The van der Waals surface area contributed by atoms with Gasteiger partial charge in [-0.25, -0.2) is 0 Å². The van der Waals surface area contributed by atoms with Gasteiger partial charge in [-0.05, 0) is 43.6 Å². The Morgan fingerprint density at radius 3 is 2.76 bits per heavy atom. The molecule has 0 aliphatic carbocycles. The molecule has 0 N–H and O–H groups in total. The first-order valence-corrected chi connectivity index (χ1v) is 7.48. The van der Waals surface area contributed by atoms with Crippen molar-refractivity contribution >= 4 is 5.97 Å². The highest BCUT2D eigenvalue weighted by Gasteiger charge is 2.26. The van der Waals surface area contributed by atoms with Crippen molar-refractivity contribution in [1.29, 1.82) is 0 Å². The Bertz CT molecular complexity index is 511. The Labute approximate surface area is 124 Å². The predicted molar refractivity (Wildman–Crippen MR) is 77.4 cm³/mol. The van der Waals surface area contributed by atoms with Gasteiger partial charge in [0.15, 0.2) is 11.5 Å². The summed E-state index contributed by atoms with van der Waals surface area (Å²) in [7, 11) is 1.44. The highest BCUT2D eigenvalue weighted by Crippen LogP contribution is 2.37. The third-order valence-electron chi connectivity index (χ3n) is 4.20. The molecule has 5 heteroatoms. The molecule has 0 aromatic heterocycles. The van der Waals surface area contributed by atoms with Crippen LogP contribution >= 0.6 is 0 Å². The zero-order valence-electron chi connectivity index (χ0n) is 12.3. The molecule has 0 spiro atoms. The van der Waals surface area contributed by atoms with Crippen LogP contribution in [0.25, 0.3) is 0 Å². The second kappa shape index (κ2) is 6.35. The predicted octanol–water partition coefficient (Wildman–Crippen LogP) is 2.51. The van der Waals surface area contributed by atoms with E-state index in [1.54, 1.807) is 0 Å². The number of fused-ring (bicyclic) bond motifs is 1. The van der Waals surface area contributed by atoms with Crippen molar-refractivity contribution in [2.45, 2.75) is 31.7 Å². The van der Waals surface area contributed by atoms with Gasteiger partial charge in [0.1, 0.15) is 0 Å². The molecule has 21 heavy (non-hydrogen) atoms. The van der Waals surface area contributed by atoms with Gasteiger partial charge in [-0.2, -0.15) is 0 Å². The first kappa shape index (κ1) is 14.2. The summed E-state index contributed by atoms with van der Waals surface area (Å²) < 4.78 is 15.7. The summed E-state index contributed by atoms with van der Waals surface area (Å²) in [6.07, 6.45) is 4.00. The number of rotatable bonds is 4. The van der Waals surface area contributed by atoms with Crippen LogP contribution in [0.15, 0.2) is 18.2 Å². The van der Waals surface area contributed by atoms with Gasteiger partial charge < -0.3 is 14.2 Å². The molecular weight excluding hydrogens is 270 g/mol. The second-order valence-electron chi connectivity index (χ2n) is 5.51. The van der Waals surface area contributed by atoms with Crippen LogP contribution in [0.4, 0.5) is 0 Å². The van der Waals surface area contributed by atoms with Crippen LogP contribution in [0, 0.1) is 0 Å². The van der Waals surface area contributed by atoms with Crippen LogP contribution in [0.3, 0.4) is 0 Å². The van der Waals surface area contributed by atoms with Gasteiger partial charge in [0.2, 0.25) is 6.79 Å². The maximum atomic E-state index is 11.8. The van der Waals surface area contributed by atoms with E-state index in [0.29, 0.717) is 6.42 Å². The quantitative estimate of drug-likeness (QED) is 0.798. The van der Waals surface area contributed by atoms with Gasteiger partial charge in [0.25, 0.3) is 0 Å². The lowest BCUT2D eigenvalue weighted by Crippen LogP contribution is -2.35. The van der Waals surface area contributed by atoms with Crippen LogP contribution in [-0.4, -0.2) is 37.9 Å². The summed E-state index contributed by atoms with van der Waals surface area (Å²) in [6.45, 7) is 2.32. The lowest BCUT2D eigenvalue weighted by atomic mass is 9.98. The molecule has 2 aliphatic rings. The Morgan fingerprint density at radius 1 is 1.24 bits per heavy atom. The van der Waals surface area contributed by atoms with Crippen molar-refractivity contribution in [3.05, 3.63) is 23.8 Å². The van der Waals surface area contributed by atoms with Crippen LogP contribution in [0.5, 0.6) is 11.5 Å². The smallest absolute Gasteiger partial charge is 0.307 e. The van der Waals surface area contributed by atoms with Crippen molar-refractivity contribution in [1.82, 2.24) is 4.90 Å². The van der Waals surface area contributed by atoms with Gasteiger partial charge >= 0.3 is 5.97 Å². The van der Waals surface area contributed by atoms with Crippen molar-refractivity contribution in [3.8, 4) is 11.5 Å². The van der Waals surface area contributed by atoms with E-state index in [1.165, 1.54) is 26.4 Å². The fourth-order valence-corrected chi connectivity index (χ4v) is 3.05. The fraction of sp³-hybridized carbons (Fsp3) is 0.562. The number of methoxy groups -OCH3 is 1. The molecule has 0 radical (unpaired) electrons. The molecule has 2 heterocycles. The number of hydrogen-bond acceptors (Lipinski definition) is 5. The largest absolute Gasteiger partial charge is 0.469 e. The first-order valence-electron chi connectivity index (χ1n) is 7.48. The summed E-state index contributed by atoms with van der Waals surface area (Å²) in [5.74, 6) is 1.36. The van der Waals surface area contributed by atoms with Gasteiger partial charge in [-0.15, -0.1) is 0 Å². The number of hydrogen-bond donors (Lipinski definition) is 0. The molecule has 0 amide bonds. The monoisotopic (exact) mass is 291 g/mol. The Balaban J connectivity index is 1.84. The van der Waals surface area contributed by atoms with Crippen LogP contribution in [0.1, 0.15) is 37.3 Å².